The zero-order chi connectivity index (χ0) is 14.4. The quantitative estimate of drug-likeness (QED) is 0.759. The van der Waals surface area contributed by atoms with Crippen LogP contribution < -0.4 is 15.8 Å². The number of rotatable bonds is 7. The molecule has 2 aromatic rings. The van der Waals surface area contributed by atoms with Gasteiger partial charge in [0, 0.05) is 18.5 Å². The number of hydrogen-bond donors (Lipinski definition) is 2. The molecule has 0 bridgehead atoms. The number of amides is 1. The van der Waals surface area contributed by atoms with E-state index in [1.165, 1.54) is 10.8 Å². The Bertz CT molecular complexity index is 596. The second-order valence-electron chi connectivity index (χ2n) is 4.71. The Morgan fingerprint density at radius 2 is 2.05 bits per heavy atom. The first-order valence-electron chi connectivity index (χ1n) is 6.76. The van der Waals surface area contributed by atoms with Crippen LogP contribution in [0, 0.1) is 0 Å². The van der Waals surface area contributed by atoms with Crippen molar-refractivity contribution in [2.24, 2.45) is 5.73 Å². The Kier molecular flexibility index (Phi) is 4.96. The van der Waals surface area contributed by atoms with Crippen molar-refractivity contribution in [2.45, 2.75) is 19.4 Å². The first-order chi connectivity index (χ1) is 9.72. The molecule has 0 aliphatic rings. The molecule has 0 saturated carbocycles. The maximum atomic E-state index is 10.7. The molecule has 1 amide bonds. The van der Waals surface area contributed by atoms with Gasteiger partial charge in [-0.2, -0.15) is 0 Å². The van der Waals surface area contributed by atoms with E-state index in [0.717, 1.165) is 24.3 Å². The third kappa shape index (κ3) is 3.48. The van der Waals surface area contributed by atoms with Crippen molar-refractivity contribution < 1.29 is 9.53 Å². The summed E-state index contributed by atoms with van der Waals surface area (Å²) in [6, 6.07) is 12.3. The van der Waals surface area contributed by atoms with Gasteiger partial charge in [-0.05, 0) is 29.8 Å². The van der Waals surface area contributed by atoms with Crippen LogP contribution in [0.5, 0.6) is 5.75 Å². The van der Waals surface area contributed by atoms with Crippen molar-refractivity contribution in [3.05, 3.63) is 42.0 Å². The molecule has 0 saturated heterocycles. The van der Waals surface area contributed by atoms with E-state index in [1.54, 1.807) is 7.11 Å². The molecule has 0 atom stereocenters. The van der Waals surface area contributed by atoms with Crippen molar-refractivity contribution in [1.82, 2.24) is 5.32 Å². The lowest BCUT2D eigenvalue weighted by Crippen LogP contribution is -2.18. The number of nitrogens with one attached hydrogen (secondary N) is 1. The first kappa shape index (κ1) is 14.3. The Hall–Kier alpha value is -2.07. The van der Waals surface area contributed by atoms with E-state index in [2.05, 4.69) is 23.5 Å². The van der Waals surface area contributed by atoms with Gasteiger partial charge >= 0.3 is 0 Å². The van der Waals surface area contributed by atoms with Crippen LogP contribution in [0.4, 0.5) is 0 Å². The summed E-state index contributed by atoms with van der Waals surface area (Å²) in [4.78, 5) is 10.7. The fourth-order valence-corrected chi connectivity index (χ4v) is 2.29. The molecule has 0 aliphatic carbocycles. The molecule has 0 unspecified atom stereocenters. The molecular formula is C16H20N2O2. The summed E-state index contributed by atoms with van der Waals surface area (Å²) in [5.41, 5.74) is 6.26. The Morgan fingerprint density at radius 1 is 1.25 bits per heavy atom. The highest BCUT2D eigenvalue weighted by molar-refractivity contribution is 5.87. The summed E-state index contributed by atoms with van der Waals surface area (Å²) in [6.07, 6.45) is 1.17. The summed E-state index contributed by atoms with van der Waals surface area (Å²) >= 11 is 0. The molecule has 2 aromatic carbocycles. The van der Waals surface area contributed by atoms with Gasteiger partial charge in [-0.25, -0.2) is 0 Å². The largest absolute Gasteiger partial charge is 0.496 e. The molecule has 3 N–H and O–H groups in total. The van der Waals surface area contributed by atoms with Crippen LogP contribution in [0.3, 0.4) is 0 Å². The van der Waals surface area contributed by atoms with Gasteiger partial charge in [0.25, 0.3) is 0 Å². The van der Waals surface area contributed by atoms with Crippen molar-refractivity contribution in [2.75, 3.05) is 13.7 Å². The summed E-state index contributed by atoms with van der Waals surface area (Å²) in [5.74, 6) is 0.626. The lowest BCUT2D eigenvalue weighted by atomic mass is 10.0. The standard InChI is InChI=1S/C16H20N2O2/c1-20-15-9-8-12-5-2-3-6-13(12)14(15)11-18-10-4-7-16(17)19/h2-3,5-6,8-9,18H,4,7,10-11H2,1H3,(H2,17,19). The lowest BCUT2D eigenvalue weighted by molar-refractivity contribution is -0.118. The van der Waals surface area contributed by atoms with E-state index in [4.69, 9.17) is 10.5 Å². The highest BCUT2D eigenvalue weighted by Crippen LogP contribution is 2.27. The molecule has 106 valence electrons. The smallest absolute Gasteiger partial charge is 0.217 e. The summed E-state index contributed by atoms with van der Waals surface area (Å²) in [7, 11) is 1.68. The number of methoxy groups -OCH3 is 1. The van der Waals surface area contributed by atoms with E-state index in [9.17, 15) is 4.79 Å². The fourth-order valence-electron chi connectivity index (χ4n) is 2.29. The second-order valence-corrected chi connectivity index (χ2v) is 4.71. The second kappa shape index (κ2) is 6.91. The van der Waals surface area contributed by atoms with E-state index in [-0.39, 0.29) is 5.91 Å². The highest BCUT2D eigenvalue weighted by atomic mass is 16.5. The monoisotopic (exact) mass is 272 g/mol. The topological polar surface area (TPSA) is 64.3 Å². The zero-order valence-corrected chi connectivity index (χ0v) is 11.7. The molecule has 20 heavy (non-hydrogen) atoms. The van der Waals surface area contributed by atoms with Gasteiger partial charge in [-0.1, -0.05) is 30.3 Å². The van der Waals surface area contributed by atoms with E-state index in [0.29, 0.717) is 13.0 Å². The van der Waals surface area contributed by atoms with Crippen LogP contribution in [0.1, 0.15) is 18.4 Å². The number of hydrogen-bond acceptors (Lipinski definition) is 3. The summed E-state index contributed by atoms with van der Waals surface area (Å²) < 4.78 is 5.43. The summed E-state index contributed by atoms with van der Waals surface area (Å²) in [5, 5.41) is 5.72. The number of carbonyl (C=O) groups excluding carboxylic acids is 1. The molecule has 4 nitrogen and oxygen atoms in total. The van der Waals surface area contributed by atoms with Gasteiger partial charge in [-0.15, -0.1) is 0 Å². The molecule has 2 rings (SSSR count). The number of nitrogens with two attached hydrogens (primary N) is 1. The molecule has 0 heterocycles. The van der Waals surface area contributed by atoms with Gasteiger partial charge in [0.05, 0.1) is 7.11 Å². The minimum absolute atomic E-state index is 0.255. The third-order valence-electron chi connectivity index (χ3n) is 3.30. The molecular weight excluding hydrogens is 252 g/mol. The maximum absolute atomic E-state index is 10.7. The SMILES string of the molecule is COc1ccc2ccccc2c1CNCCCC(N)=O. The van der Waals surface area contributed by atoms with E-state index in [1.807, 2.05) is 18.2 Å². The van der Waals surface area contributed by atoms with Crippen molar-refractivity contribution in [3.63, 3.8) is 0 Å². The van der Waals surface area contributed by atoms with Crippen LogP contribution in [-0.2, 0) is 11.3 Å². The third-order valence-corrected chi connectivity index (χ3v) is 3.30. The number of benzene rings is 2. The molecule has 0 radical (unpaired) electrons. The minimum Gasteiger partial charge on any atom is -0.496 e. The number of ether oxygens (including phenoxy) is 1. The molecule has 0 fully saturated rings. The van der Waals surface area contributed by atoms with Gasteiger partial charge in [0.15, 0.2) is 0 Å². The normalized spacial score (nSPS) is 10.7. The van der Waals surface area contributed by atoms with Crippen LogP contribution in [0.15, 0.2) is 36.4 Å². The average molecular weight is 272 g/mol. The number of carbonyl (C=O) groups is 1. The lowest BCUT2D eigenvalue weighted by Gasteiger charge is -2.13. The minimum atomic E-state index is -0.255. The Labute approximate surface area is 118 Å². The predicted molar refractivity (Wildman–Crippen MR) is 80.6 cm³/mol. The van der Waals surface area contributed by atoms with Gasteiger partial charge in [-0.3, -0.25) is 4.79 Å². The maximum Gasteiger partial charge on any atom is 0.217 e. The van der Waals surface area contributed by atoms with Crippen LogP contribution in [0.25, 0.3) is 10.8 Å². The fraction of sp³-hybridized carbons (Fsp3) is 0.312. The van der Waals surface area contributed by atoms with Crippen molar-refractivity contribution in [1.29, 1.82) is 0 Å². The Balaban J connectivity index is 2.09. The van der Waals surface area contributed by atoms with Crippen LogP contribution in [-0.4, -0.2) is 19.6 Å². The number of fused-ring (bicyclic) bond motifs is 1. The van der Waals surface area contributed by atoms with Crippen molar-refractivity contribution >= 4 is 16.7 Å². The molecule has 0 aromatic heterocycles. The molecule has 0 spiro atoms. The predicted octanol–water partition coefficient (Wildman–Crippen LogP) is 2.20. The van der Waals surface area contributed by atoms with Crippen LogP contribution >= 0.6 is 0 Å². The average Bonchev–Trinajstić information content (AvgIpc) is 2.46. The number of primary amides is 1. The highest BCUT2D eigenvalue weighted by Gasteiger charge is 2.07. The van der Waals surface area contributed by atoms with Gasteiger partial charge < -0.3 is 15.8 Å². The first-order valence-corrected chi connectivity index (χ1v) is 6.76. The van der Waals surface area contributed by atoms with E-state index < -0.39 is 0 Å². The molecule has 4 heteroatoms. The zero-order valence-electron chi connectivity index (χ0n) is 11.7. The Morgan fingerprint density at radius 3 is 2.80 bits per heavy atom. The molecule has 0 aliphatic heterocycles. The van der Waals surface area contributed by atoms with Gasteiger partial charge in [0.2, 0.25) is 5.91 Å². The van der Waals surface area contributed by atoms with Gasteiger partial charge in [0.1, 0.15) is 5.75 Å². The van der Waals surface area contributed by atoms with Crippen LogP contribution in [0.2, 0.25) is 0 Å². The van der Waals surface area contributed by atoms with Crippen molar-refractivity contribution in [3.8, 4) is 5.75 Å². The summed E-state index contributed by atoms with van der Waals surface area (Å²) in [6.45, 7) is 1.47. The van der Waals surface area contributed by atoms with E-state index >= 15 is 0 Å².